The van der Waals surface area contributed by atoms with Gasteiger partial charge in [0.05, 0.1) is 10.9 Å². The normalized spacial score (nSPS) is 21.7. The molecule has 1 aliphatic rings. The number of aryl methyl sites for hydroxylation is 2. The number of amides is 1. The number of benzene rings is 1. The first kappa shape index (κ1) is 18.9. The molecule has 0 radical (unpaired) electrons. The Hall–Kier alpha value is -1.89. The molecule has 7 heteroatoms. The molecular formula is C19H27N5OS. The van der Waals surface area contributed by atoms with Crippen molar-refractivity contribution in [3.63, 3.8) is 0 Å². The number of thioether (sulfide) groups is 1. The van der Waals surface area contributed by atoms with E-state index in [0.717, 1.165) is 29.9 Å². The van der Waals surface area contributed by atoms with Crippen molar-refractivity contribution in [2.75, 3.05) is 13.1 Å². The molecule has 0 bridgehead atoms. The summed E-state index contributed by atoms with van der Waals surface area (Å²) in [6, 6.07) is 6.20. The van der Waals surface area contributed by atoms with Gasteiger partial charge in [0.15, 0.2) is 0 Å². The summed E-state index contributed by atoms with van der Waals surface area (Å²) < 4.78 is 1.73. The first-order chi connectivity index (χ1) is 12.3. The van der Waals surface area contributed by atoms with Crippen LogP contribution in [-0.4, -0.2) is 49.4 Å². The molecule has 1 aromatic heterocycles. The van der Waals surface area contributed by atoms with E-state index in [0.29, 0.717) is 17.0 Å². The van der Waals surface area contributed by atoms with Gasteiger partial charge in [0.1, 0.15) is 0 Å². The minimum absolute atomic E-state index is 0.170. The highest BCUT2D eigenvalue weighted by molar-refractivity contribution is 8.00. The molecule has 0 N–H and O–H groups in total. The lowest BCUT2D eigenvalue weighted by molar-refractivity contribution is -0.132. The Kier molecular flexibility index (Phi) is 5.65. The first-order valence-corrected chi connectivity index (χ1v) is 10.0. The van der Waals surface area contributed by atoms with Crippen molar-refractivity contribution in [3.05, 3.63) is 29.3 Å². The van der Waals surface area contributed by atoms with Crippen LogP contribution in [0, 0.1) is 25.7 Å². The number of carbonyl (C=O) groups is 1. The van der Waals surface area contributed by atoms with Gasteiger partial charge in [0, 0.05) is 13.1 Å². The third-order valence-electron chi connectivity index (χ3n) is 4.84. The summed E-state index contributed by atoms with van der Waals surface area (Å²) in [5.74, 6) is 1.28. The third kappa shape index (κ3) is 4.09. The standard InChI is InChI=1S/C19H27N5OS/c1-12-6-7-15(4)17(9-12)24-19(20-21-22-24)26-16(5)18(25)23-10-13(2)8-14(3)11-23/h6-7,9,13-14,16H,8,10-11H2,1-5H3/t13-,14+,16-/m0/s1. The number of carbonyl (C=O) groups excluding carboxylic acids is 1. The van der Waals surface area contributed by atoms with E-state index in [-0.39, 0.29) is 11.2 Å². The molecule has 1 aromatic carbocycles. The monoisotopic (exact) mass is 373 g/mol. The molecular weight excluding hydrogens is 346 g/mol. The second-order valence-electron chi connectivity index (χ2n) is 7.61. The average molecular weight is 374 g/mol. The summed E-state index contributed by atoms with van der Waals surface area (Å²) in [5.41, 5.74) is 3.21. The largest absolute Gasteiger partial charge is 0.341 e. The van der Waals surface area contributed by atoms with E-state index in [1.54, 1.807) is 4.68 Å². The predicted octanol–water partition coefficient (Wildman–Crippen LogP) is 3.26. The first-order valence-electron chi connectivity index (χ1n) is 9.16. The molecule has 3 atom stereocenters. The summed E-state index contributed by atoms with van der Waals surface area (Å²) in [4.78, 5) is 14.9. The summed E-state index contributed by atoms with van der Waals surface area (Å²) in [5, 5.41) is 12.6. The van der Waals surface area contributed by atoms with Crippen molar-refractivity contribution in [2.45, 2.75) is 51.4 Å². The van der Waals surface area contributed by atoms with Crippen LogP contribution in [0.3, 0.4) is 0 Å². The van der Waals surface area contributed by atoms with Gasteiger partial charge in [-0.1, -0.05) is 37.7 Å². The molecule has 0 aliphatic carbocycles. The molecule has 140 valence electrons. The van der Waals surface area contributed by atoms with Crippen LogP contribution in [0.2, 0.25) is 0 Å². The van der Waals surface area contributed by atoms with Gasteiger partial charge < -0.3 is 4.90 Å². The Balaban J connectivity index is 1.76. The van der Waals surface area contributed by atoms with E-state index >= 15 is 0 Å². The van der Waals surface area contributed by atoms with Gasteiger partial charge in [-0.15, -0.1) is 5.10 Å². The van der Waals surface area contributed by atoms with Gasteiger partial charge in [-0.25, -0.2) is 0 Å². The Morgan fingerprint density at radius 1 is 1.23 bits per heavy atom. The van der Waals surface area contributed by atoms with Crippen LogP contribution in [0.5, 0.6) is 0 Å². The minimum atomic E-state index is -0.220. The highest BCUT2D eigenvalue weighted by Crippen LogP contribution is 2.28. The molecule has 3 rings (SSSR count). The molecule has 2 heterocycles. The fraction of sp³-hybridized carbons (Fsp3) is 0.579. The predicted molar refractivity (Wildman–Crippen MR) is 103 cm³/mol. The quantitative estimate of drug-likeness (QED) is 0.770. The zero-order valence-electron chi connectivity index (χ0n) is 16.1. The van der Waals surface area contributed by atoms with Gasteiger partial charge in [-0.2, -0.15) is 4.68 Å². The van der Waals surface area contributed by atoms with Crippen LogP contribution < -0.4 is 0 Å². The fourth-order valence-corrected chi connectivity index (χ4v) is 4.54. The van der Waals surface area contributed by atoms with E-state index < -0.39 is 0 Å². The smallest absolute Gasteiger partial charge is 0.235 e. The van der Waals surface area contributed by atoms with Crippen LogP contribution in [-0.2, 0) is 4.79 Å². The molecule has 1 fully saturated rings. The van der Waals surface area contributed by atoms with E-state index in [1.807, 2.05) is 25.7 Å². The van der Waals surface area contributed by atoms with E-state index in [1.165, 1.54) is 18.2 Å². The van der Waals surface area contributed by atoms with Gasteiger partial charge in [0.25, 0.3) is 0 Å². The lowest BCUT2D eigenvalue weighted by Crippen LogP contribution is -2.45. The molecule has 26 heavy (non-hydrogen) atoms. The molecule has 0 saturated carbocycles. The second-order valence-corrected chi connectivity index (χ2v) is 8.92. The van der Waals surface area contributed by atoms with Gasteiger partial charge in [0.2, 0.25) is 11.1 Å². The lowest BCUT2D eigenvalue weighted by atomic mass is 9.92. The summed E-state index contributed by atoms with van der Waals surface area (Å²) >= 11 is 1.43. The Morgan fingerprint density at radius 2 is 1.92 bits per heavy atom. The van der Waals surface area contributed by atoms with Crippen LogP contribution >= 0.6 is 11.8 Å². The van der Waals surface area contributed by atoms with E-state index in [4.69, 9.17) is 0 Å². The van der Waals surface area contributed by atoms with Crippen LogP contribution in [0.25, 0.3) is 5.69 Å². The molecule has 0 spiro atoms. The molecule has 2 aromatic rings. The summed E-state index contributed by atoms with van der Waals surface area (Å²) in [7, 11) is 0. The fourth-order valence-electron chi connectivity index (χ4n) is 3.66. The van der Waals surface area contributed by atoms with Crippen molar-refractivity contribution in [3.8, 4) is 5.69 Å². The number of hydrogen-bond donors (Lipinski definition) is 0. The van der Waals surface area contributed by atoms with Crippen LogP contribution in [0.4, 0.5) is 0 Å². The minimum Gasteiger partial charge on any atom is -0.341 e. The van der Waals surface area contributed by atoms with Crippen molar-refractivity contribution in [2.24, 2.45) is 11.8 Å². The van der Waals surface area contributed by atoms with Crippen molar-refractivity contribution >= 4 is 17.7 Å². The average Bonchev–Trinajstić information content (AvgIpc) is 3.03. The van der Waals surface area contributed by atoms with Crippen molar-refractivity contribution in [1.29, 1.82) is 0 Å². The molecule has 1 amide bonds. The Bertz CT molecular complexity index is 780. The highest BCUT2D eigenvalue weighted by Gasteiger charge is 2.29. The maximum atomic E-state index is 12.9. The molecule has 6 nitrogen and oxygen atoms in total. The molecule has 1 aliphatic heterocycles. The Labute approximate surface area is 159 Å². The SMILES string of the molecule is Cc1ccc(C)c(-n2nnnc2S[C@@H](C)C(=O)N2C[C@H](C)C[C@H](C)C2)c1. The number of piperidine rings is 1. The lowest BCUT2D eigenvalue weighted by Gasteiger charge is -2.36. The summed E-state index contributed by atoms with van der Waals surface area (Å²) in [6.45, 7) is 12.1. The van der Waals surface area contributed by atoms with Gasteiger partial charge in [-0.3, -0.25) is 4.79 Å². The molecule has 0 unspecified atom stereocenters. The second kappa shape index (κ2) is 7.78. The molecule has 1 saturated heterocycles. The van der Waals surface area contributed by atoms with Gasteiger partial charge in [-0.05, 0) is 66.6 Å². The maximum absolute atomic E-state index is 12.9. The highest BCUT2D eigenvalue weighted by atomic mass is 32.2. The van der Waals surface area contributed by atoms with Crippen LogP contribution in [0.1, 0.15) is 38.3 Å². The van der Waals surface area contributed by atoms with Crippen molar-refractivity contribution in [1.82, 2.24) is 25.1 Å². The number of aromatic nitrogens is 4. The number of hydrogen-bond acceptors (Lipinski definition) is 5. The number of rotatable bonds is 4. The summed E-state index contributed by atoms with van der Waals surface area (Å²) in [6.07, 6.45) is 1.19. The topological polar surface area (TPSA) is 63.9 Å². The van der Waals surface area contributed by atoms with Gasteiger partial charge >= 0.3 is 0 Å². The van der Waals surface area contributed by atoms with E-state index in [9.17, 15) is 4.79 Å². The van der Waals surface area contributed by atoms with Crippen LogP contribution in [0.15, 0.2) is 23.4 Å². The zero-order valence-corrected chi connectivity index (χ0v) is 17.0. The van der Waals surface area contributed by atoms with Crippen molar-refractivity contribution < 1.29 is 4.79 Å². The Morgan fingerprint density at radius 3 is 2.62 bits per heavy atom. The maximum Gasteiger partial charge on any atom is 0.235 e. The number of tetrazole rings is 1. The van der Waals surface area contributed by atoms with E-state index in [2.05, 4.69) is 47.6 Å². The number of nitrogens with zero attached hydrogens (tertiary/aromatic N) is 5. The number of likely N-dealkylation sites (tertiary alicyclic amines) is 1. The zero-order chi connectivity index (χ0) is 18.8. The third-order valence-corrected chi connectivity index (χ3v) is 5.86.